The highest BCUT2D eigenvalue weighted by molar-refractivity contribution is 14.0. The number of rotatable bonds is 8. The fraction of sp³-hybridized carbons (Fsp3) is 0.526. The van der Waals surface area contributed by atoms with Gasteiger partial charge in [-0.3, -0.25) is 9.89 Å². The van der Waals surface area contributed by atoms with E-state index >= 15 is 0 Å². The molecular weight excluding hydrogens is 487 g/mol. The zero-order valence-corrected chi connectivity index (χ0v) is 19.2. The van der Waals surface area contributed by atoms with Crippen molar-refractivity contribution in [2.24, 2.45) is 4.99 Å². The number of piperazine rings is 1. The molecule has 2 aromatic heterocycles. The van der Waals surface area contributed by atoms with Crippen LogP contribution in [0.5, 0.6) is 5.88 Å². The highest BCUT2D eigenvalue weighted by atomic mass is 127. The first-order chi connectivity index (χ1) is 13.8. The minimum absolute atomic E-state index is 0. The minimum atomic E-state index is 0. The Morgan fingerprint density at radius 1 is 1.24 bits per heavy atom. The van der Waals surface area contributed by atoms with E-state index in [0.29, 0.717) is 25.6 Å². The van der Waals surface area contributed by atoms with E-state index in [9.17, 15) is 0 Å². The van der Waals surface area contributed by atoms with Crippen molar-refractivity contribution >= 4 is 29.9 Å². The van der Waals surface area contributed by atoms with Gasteiger partial charge in [0, 0.05) is 71.3 Å². The van der Waals surface area contributed by atoms with Gasteiger partial charge in [-0.2, -0.15) is 0 Å². The second-order valence-electron chi connectivity index (χ2n) is 6.46. The highest BCUT2D eigenvalue weighted by Gasteiger charge is 2.20. The van der Waals surface area contributed by atoms with Crippen molar-refractivity contribution in [1.29, 1.82) is 0 Å². The first-order valence-electron chi connectivity index (χ1n) is 9.43. The number of methoxy groups -OCH3 is 1. The summed E-state index contributed by atoms with van der Waals surface area (Å²) in [6.45, 7) is 6.13. The lowest BCUT2D eigenvalue weighted by molar-refractivity contribution is 0.143. The van der Waals surface area contributed by atoms with Gasteiger partial charge in [0.05, 0.1) is 12.3 Å². The predicted molar refractivity (Wildman–Crippen MR) is 121 cm³/mol. The van der Waals surface area contributed by atoms with Gasteiger partial charge in [-0.1, -0.05) is 11.2 Å². The fourth-order valence-corrected chi connectivity index (χ4v) is 3.08. The molecule has 160 valence electrons. The molecule has 1 aliphatic rings. The molecule has 0 saturated carbocycles. The molecule has 0 aliphatic carbocycles. The normalized spacial score (nSPS) is 15.1. The van der Waals surface area contributed by atoms with Crippen LogP contribution in [0.1, 0.15) is 11.3 Å². The molecular formula is C19H29IN6O3. The molecule has 10 heteroatoms. The van der Waals surface area contributed by atoms with Crippen molar-refractivity contribution in [2.45, 2.75) is 13.1 Å². The highest BCUT2D eigenvalue weighted by Crippen LogP contribution is 2.14. The Kier molecular flexibility index (Phi) is 10.2. The summed E-state index contributed by atoms with van der Waals surface area (Å²) in [7, 11) is 3.46. The van der Waals surface area contributed by atoms with Crippen LogP contribution in [0.3, 0.4) is 0 Å². The summed E-state index contributed by atoms with van der Waals surface area (Å²) in [5.41, 5.74) is 1.96. The molecule has 0 amide bonds. The smallest absolute Gasteiger partial charge is 0.218 e. The van der Waals surface area contributed by atoms with Crippen molar-refractivity contribution in [3.63, 3.8) is 0 Å². The van der Waals surface area contributed by atoms with Crippen LogP contribution < -0.4 is 10.1 Å². The Balaban J connectivity index is 0.00000300. The van der Waals surface area contributed by atoms with Gasteiger partial charge in [-0.15, -0.1) is 24.0 Å². The molecule has 2 aromatic rings. The number of nitrogens with one attached hydrogen (secondary N) is 1. The molecule has 1 fully saturated rings. The van der Waals surface area contributed by atoms with Gasteiger partial charge < -0.3 is 24.2 Å². The molecule has 0 unspecified atom stereocenters. The van der Waals surface area contributed by atoms with Gasteiger partial charge in [0.1, 0.15) is 12.9 Å². The van der Waals surface area contributed by atoms with Crippen LogP contribution in [0.4, 0.5) is 0 Å². The maximum atomic E-state index is 5.70. The number of aromatic nitrogens is 2. The van der Waals surface area contributed by atoms with Crippen LogP contribution in [-0.2, 0) is 17.8 Å². The Morgan fingerprint density at radius 2 is 2.07 bits per heavy atom. The summed E-state index contributed by atoms with van der Waals surface area (Å²) >= 11 is 0. The van der Waals surface area contributed by atoms with Crippen LogP contribution in [0.15, 0.2) is 40.2 Å². The quantitative estimate of drug-likeness (QED) is 0.245. The molecule has 0 spiro atoms. The molecule has 29 heavy (non-hydrogen) atoms. The molecule has 0 aromatic carbocycles. The zero-order valence-electron chi connectivity index (χ0n) is 16.9. The van der Waals surface area contributed by atoms with E-state index in [4.69, 9.17) is 14.0 Å². The SMILES string of the molecule is CN=C(NCc1cccnc1OCCOC)N1CCN(Cc2ccon2)CC1.I. The molecule has 9 nitrogen and oxygen atoms in total. The van der Waals surface area contributed by atoms with Crippen LogP contribution in [0, 0.1) is 0 Å². The van der Waals surface area contributed by atoms with Crippen molar-refractivity contribution in [3.05, 3.63) is 41.9 Å². The second kappa shape index (κ2) is 12.6. The Morgan fingerprint density at radius 3 is 2.76 bits per heavy atom. The van der Waals surface area contributed by atoms with Crippen LogP contribution in [0.2, 0.25) is 0 Å². The Bertz CT molecular complexity index is 735. The second-order valence-corrected chi connectivity index (χ2v) is 6.46. The third-order valence-corrected chi connectivity index (χ3v) is 4.57. The number of hydrogen-bond acceptors (Lipinski definition) is 7. The van der Waals surface area contributed by atoms with E-state index in [-0.39, 0.29) is 24.0 Å². The topological polar surface area (TPSA) is 88.3 Å². The van der Waals surface area contributed by atoms with Crippen molar-refractivity contribution in [1.82, 2.24) is 25.3 Å². The minimum Gasteiger partial charge on any atom is -0.475 e. The van der Waals surface area contributed by atoms with Crippen molar-refractivity contribution in [2.75, 3.05) is 53.6 Å². The number of halogens is 1. The lowest BCUT2D eigenvalue weighted by atomic mass is 10.2. The summed E-state index contributed by atoms with van der Waals surface area (Å²) in [6.07, 6.45) is 3.34. The Labute approximate surface area is 188 Å². The van der Waals surface area contributed by atoms with Gasteiger partial charge in [-0.05, 0) is 6.07 Å². The summed E-state index contributed by atoms with van der Waals surface area (Å²) < 4.78 is 15.6. The number of nitrogens with zero attached hydrogens (tertiary/aromatic N) is 5. The zero-order chi connectivity index (χ0) is 19.6. The lowest BCUT2D eigenvalue weighted by Crippen LogP contribution is -2.52. The average molecular weight is 516 g/mol. The predicted octanol–water partition coefficient (Wildman–Crippen LogP) is 1.61. The van der Waals surface area contributed by atoms with Crippen molar-refractivity contribution in [3.8, 4) is 5.88 Å². The van der Waals surface area contributed by atoms with Crippen LogP contribution >= 0.6 is 24.0 Å². The van der Waals surface area contributed by atoms with Gasteiger partial charge in [0.25, 0.3) is 0 Å². The Hall–Kier alpha value is -1.92. The maximum absolute atomic E-state index is 5.70. The number of ether oxygens (including phenoxy) is 2. The largest absolute Gasteiger partial charge is 0.475 e. The monoisotopic (exact) mass is 516 g/mol. The first kappa shape index (κ1) is 23.4. The van der Waals surface area contributed by atoms with E-state index in [0.717, 1.165) is 49.9 Å². The molecule has 1 N–H and O–H groups in total. The molecule has 0 radical (unpaired) electrons. The molecule has 0 bridgehead atoms. The number of guanidine groups is 1. The summed E-state index contributed by atoms with van der Waals surface area (Å²) in [6, 6.07) is 5.82. The molecule has 0 atom stereocenters. The fourth-order valence-electron chi connectivity index (χ4n) is 3.08. The molecule has 1 saturated heterocycles. The molecule has 3 heterocycles. The summed E-state index contributed by atoms with van der Waals surface area (Å²) in [5.74, 6) is 1.51. The first-order valence-corrected chi connectivity index (χ1v) is 9.43. The third-order valence-electron chi connectivity index (χ3n) is 4.57. The standard InChI is InChI=1S/C19H28N6O3.HI/c1-20-19(22-14-16-4-3-6-21-18(16)27-13-12-26-2)25-9-7-24(8-10-25)15-17-5-11-28-23-17;/h3-6,11H,7-10,12-15H2,1-2H3,(H,20,22);1H. The van der Waals surface area contributed by atoms with Gasteiger partial charge >= 0.3 is 0 Å². The van der Waals surface area contributed by atoms with Crippen LogP contribution in [-0.4, -0.2) is 79.5 Å². The van der Waals surface area contributed by atoms with Gasteiger partial charge in [-0.25, -0.2) is 4.98 Å². The lowest BCUT2D eigenvalue weighted by Gasteiger charge is -2.36. The summed E-state index contributed by atoms with van der Waals surface area (Å²) in [4.78, 5) is 13.4. The number of pyridine rings is 1. The van der Waals surface area contributed by atoms with E-state index in [2.05, 4.69) is 30.2 Å². The van der Waals surface area contributed by atoms with Gasteiger partial charge in [0.15, 0.2) is 5.96 Å². The van der Waals surface area contributed by atoms with Crippen molar-refractivity contribution < 1.29 is 14.0 Å². The van der Waals surface area contributed by atoms with E-state index in [1.165, 1.54) is 0 Å². The van der Waals surface area contributed by atoms with Gasteiger partial charge in [0.2, 0.25) is 5.88 Å². The number of hydrogen-bond donors (Lipinski definition) is 1. The van der Waals surface area contributed by atoms with E-state index in [1.807, 2.05) is 25.2 Å². The third kappa shape index (κ3) is 7.12. The van der Waals surface area contributed by atoms with Crippen LogP contribution in [0.25, 0.3) is 0 Å². The van der Waals surface area contributed by atoms with E-state index in [1.54, 1.807) is 19.6 Å². The molecule has 1 aliphatic heterocycles. The average Bonchev–Trinajstić information content (AvgIpc) is 3.24. The summed E-state index contributed by atoms with van der Waals surface area (Å²) in [5, 5.41) is 7.41. The number of aliphatic imine (C=N–C) groups is 1. The maximum Gasteiger partial charge on any atom is 0.218 e. The molecule has 3 rings (SSSR count). The van der Waals surface area contributed by atoms with E-state index < -0.39 is 0 Å².